The minimum absolute atomic E-state index is 0.277. The number of aromatic nitrogens is 4. The molecule has 0 saturated heterocycles. The van der Waals surface area contributed by atoms with Crippen molar-refractivity contribution >= 4 is 44.9 Å². The molecule has 0 unspecified atom stereocenters. The number of alkyl carbamates (subject to hydrolysis) is 1. The fourth-order valence-electron chi connectivity index (χ4n) is 3.27. The zero-order valence-corrected chi connectivity index (χ0v) is 21.1. The highest BCUT2D eigenvalue weighted by Crippen LogP contribution is 2.27. The number of para-hydroxylation sites is 1. The van der Waals surface area contributed by atoms with Crippen molar-refractivity contribution in [3.8, 4) is 0 Å². The van der Waals surface area contributed by atoms with Crippen LogP contribution in [-0.4, -0.2) is 43.5 Å². The van der Waals surface area contributed by atoms with Crippen molar-refractivity contribution in [2.75, 3.05) is 11.9 Å². The summed E-state index contributed by atoms with van der Waals surface area (Å²) in [6, 6.07) is 7.46. The number of nitrogens with one attached hydrogen (secondary N) is 2. The molecule has 3 aromatic rings. The van der Waals surface area contributed by atoms with Gasteiger partial charge in [0.1, 0.15) is 11.3 Å². The number of ether oxygens (including phenoxy) is 1. The Labute approximate surface area is 201 Å². The maximum absolute atomic E-state index is 13.0. The summed E-state index contributed by atoms with van der Waals surface area (Å²) in [5.74, 6) is 0.147. The number of hydrogen-bond acceptors (Lipinski definition) is 5. The highest BCUT2D eigenvalue weighted by Gasteiger charge is 2.19. The molecule has 0 atom stereocenters. The van der Waals surface area contributed by atoms with Crippen molar-refractivity contribution < 1.29 is 14.3 Å². The van der Waals surface area contributed by atoms with Crippen molar-refractivity contribution in [2.24, 2.45) is 0 Å². The summed E-state index contributed by atoms with van der Waals surface area (Å²) in [4.78, 5) is 29.4. The Morgan fingerprint density at radius 1 is 1.24 bits per heavy atom. The Kier molecular flexibility index (Phi) is 7.57. The third-order valence-corrected chi connectivity index (χ3v) is 5.23. The van der Waals surface area contributed by atoms with Crippen LogP contribution < -0.4 is 10.6 Å². The van der Waals surface area contributed by atoms with E-state index in [0.29, 0.717) is 31.3 Å². The molecule has 1 aromatic carbocycles. The van der Waals surface area contributed by atoms with Crippen LogP contribution in [0.2, 0.25) is 0 Å². The fraction of sp³-hybridized carbons (Fsp3) is 0.391. The number of hydrogen-bond donors (Lipinski definition) is 2. The molecule has 0 aliphatic rings. The van der Waals surface area contributed by atoms with Crippen LogP contribution in [0.25, 0.3) is 11.0 Å². The molecule has 10 heteroatoms. The molecule has 0 spiro atoms. The first-order chi connectivity index (χ1) is 15.6. The zero-order valence-electron chi connectivity index (χ0n) is 19.5. The van der Waals surface area contributed by atoms with E-state index in [2.05, 4.69) is 36.6 Å². The van der Waals surface area contributed by atoms with E-state index >= 15 is 0 Å². The molecule has 0 fully saturated rings. The van der Waals surface area contributed by atoms with E-state index in [-0.39, 0.29) is 5.91 Å². The van der Waals surface area contributed by atoms with E-state index in [9.17, 15) is 9.59 Å². The summed E-state index contributed by atoms with van der Waals surface area (Å²) < 4.78 is 9.66. The van der Waals surface area contributed by atoms with Gasteiger partial charge in [-0.1, -0.05) is 18.2 Å². The van der Waals surface area contributed by atoms with Crippen LogP contribution >= 0.6 is 15.9 Å². The lowest BCUT2D eigenvalue weighted by atomic mass is 10.2. The summed E-state index contributed by atoms with van der Waals surface area (Å²) in [7, 11) is 0. The average molecular weight is 517 g/mol. The largest absolute Gasteiger partial charge is 0.444 e. The van der Waals surface area contributed by atoms with Gasteiger partial charge in [-0.25, -0.2) is 9.78 Å². The summed E-state index contributed by atoms with van der Waals surface area (Å²) in [6.45, 7) is 10.6. The van der Waals surface area contributed by atoms with Crippen molar-refractivity contribution in [3.05, 3.63) is 52.3 Å². The first-order valence-electron chi connectivity index (χ1n) is 10.7. The van der Waals surface area contributed by atoms with Gasteiger partial charge in [-0.15, -0.1) is 0 Å². The third-order valence-electron chi connectivity index (χ3n) is 4.59. The van der Waals surface area contributed by atoms with E-state index in [1.807, 2.05) is 69.5 Å². The Hall–Kier alpha value is -3.14. The molecule has 3 rings (SSSR count). The zero-order chi connectivity index (χ0) is 24.2. The first kappa shape index (κ1) is 24.5. The van der Waals surface area contributed by atoms with Crippen LogP contribution in [0.5, 0.6) is 0 Å². The number of carbonyl (C=O) groups is 2. The molecule has 9 nitrogen and oxygen atoms in total. The van der Waals surface area contributed by atoms with Gasteiger partial charge in [-0.2, -0.15) is 5.10 Å². The molecule has 2 aromatic heterocycles. The summed E-state index contributed by atoms with van der Waals surface area (Å²) in [5.41, 5.74) is 2.32. The Bertz CT molecular complexity index is 1190. The van der Waals surface area contributed by atoms with Gasteiger partial charge < -0.3 is 14.6 Å². The lowest BCUT2D eigenvalue weighted by Gasteiger charge is -2.19. The summed E-state index contributed by atoms with van der Waals surface area (Å²) in [5, 5.41) is 9.96. The molecule has 0 aliphatic heterocycles. The Morgan fingerprint density at radius 2 is 2.00 bits per heavy atom. The van der Waals surface area contributed by atoms with Gasteiger partial charge >= 0.3 is 6.09 Å². The minimum atomic E-state index is -0.547. The molecule has 33 heavy (non-hydrogen) atoms. The number of halogens is 1. The van der Waals surface area contributed by atoms with Gasteiger partial charge in [-0.05, 0) is 68.7 Å². The van der Waals surface area contributed by atoms with Crippen LogP contribution in [0.15, 0.2) is 40.9 Å². The number of allylic oxidation sites excluding steroid dienone is 1. The molecular formula is C23H29BrN6O3. The predicted molar refractivity (Wildman–Crippen MR) is 131 cm³/mol. The molecule has 2 heterocycles. The number of benzene rings is 1. The Balaban J connectivity index is 1.78. The van der Waals surface area contributed by atoms with Crippen molar-refractivity contribution in [2.45, 2.75) is 53.3 Å². The van der Waals surface area contributed by atoms with E-state index in [0.717, 1.165) is 21.2 Å². The van der Waals surface area contributed by atoms with Gasteiger partial charge in [0.15, 0.2) is 0 Å². The molecule has 2 amide bonds. The second kappa shape index (κ2) is 10.2. The van der Waals surface area contributed by atoms with Crippen molar-refractivity contribution in [1.29, 1.82) is 0 Å². The van der Waals surface area contributed by atoms with Gasteiger partial charge in [0.05, 0.1) is 16.7 Å². The van der Waals surface area contributed by atoms with E-state index in [1.165, 1.54) is 0 Å². The number of rotatable bonds is 7. The van der Waals surface area contributed by atoms with Gasteiger partial charge in [0, 0.05) is 24.1 Å². The first-order valence-corrected chi connectivity index (χ1v) is 11.5. The van der Waals surface area contributed by atoms with Gasteiger partial charge in [-0.3, -0.25) is 14.8 Å². The quantitative estimate of drug-likeness (QED) is 0.444. The fourth-order valence-corrected chi connectivity index (χ4v) is 3.84. The average Bonchev–Trinajstić information content (AvgIpc) is 3.27. The van der Waals surface area contributed by atoms with Gasteiger partial charge in [0.2, 0.25) is 5.95 Å². The number of aryl methyl sites for hydroxylation is 2. The van der Waals surface area contributed by atoms with Crippen molar-refractivity contribution in [1.82, 2.24) is 24.6 Å². The normalized spacial score (nSPS) is 11.8. The lowest BCUT2D eigenvalue weighted by Crippen LogP contribution is -2.32. The SMILES string of the molecule is CCn1nc(C)cc1C(=O)Nc1nc2cccc(Br)c2n1C/C=C/CNC(=O)OC(C)(C)C. The molecule has 0 aliphatic carbocycles. The Morgan fingerprint density at radius 3 is 2.70 bits per heavy atom. The number of imidazole rings is 1. The van der Waals surface area contributed by atoms with Crippen LogP contribution in [0.1, 0.15) is 43.9 Å². The maximum atomic E-state index is 13.0. The number of carbonyl (C=O) groups excluding carboxylic acids is 2. The molecule has 0 bridgehead atoms. The summed E-state index contributed by atoms with van der Waals surface area (Å²) in [6.07, 6.45) is 3.25. The number of nitrogens with zero attached hydrogens (tertiary/aromatic N) is 4. The topological polar surface area (TPSA) is 103 Å². The van der Waals surface area contributed by atoms with Crippen LogP contribution in [0, 0.1) is 6.92 Å². The molecule has 176 valence electrons. The standard InChI is InChI=1S/C23H29BrN6O3/c1-6-30-18(14-15(2)28-30)20(31)27-21-26-17-11-9-10-16(24)19(17)29(21)13-8-7-12-25-22(32)33-23(3,4)5/h7-11,14H,6,12-13H2,1-5H3,(H,25,32)(H,26,27,31)/b8-7+. The van der Waals surface area contributed by atoms with Crippen LogP contribution in [0.4, 0.5) is 10.7 Å². The van der Waals surface area contributed by atoms with E-state index in [1.54, 1.807) is 10.7 Å². The minimum Gasteiger partial charge on any atom is -0.444 e. The lowest BCUT2D eigenvalue weighted by molar-refractivity contribution is 0.0534. The summed E-state index contributed by atoms with van der Waals surface area (Å²) >= 11 is 3.58. The monoisotopic (exact) mass is 516 g/mol. The maximum Gasteiger partial charge on any atom is 0.407 e. The van der Waals surface area contributed by atoms with Crippen LogP contribution in [0.3, 0.4) is 0 Å². The second-order valence-electron chi connectivity index (χ2n) is 8.45. The smallest absolute Gasteiger partial charge is 0.407 e. The van der Waals surface area contributed by atoms with E-state index < -0.39 is 11.7 Å². The van der Waals surface area contributed by atoms with E-state index in [4.69, 9.17) is 4.74 Å². The molecule has 0 radical (unpaired) electrons. The predicted octanol–water partition coefficient (Wildman–Crippen LogP) is 4.66. The highest BCUT2D eigenvalue weighted by molar-refractivity contribution is 9.10. The number of anilines is 1. The second-order valence-corrected chi connectivity index (χ2v) is 9.30. The number of fused-ring (bicyclic) bond motifs is 1. The third kappa shape index (κ3) is 6.22. The number of amides is 2. The van der Waals surface area contributed by atoms with Gasteiger partial charge in [0.25, 0.3) is 5.91 Å². The van der Waals surface area contributed by atoms with Crippen molar-refractivity contribution in [3.63, 3.8) is 0 Å². The highest BCUT2D eigenvalue weighted by atomic mass is 79.9. The molecule has 0 saturated carbocycles. The molecular weight excluding hydrogens is 488 g/mol. The van der Waals surface area contributed by atoms with Crippen LogP contribution in [-0.2, 0) is 17.8 Å². The molecule has 2 N–H and O–H groups in total.